The maximum absolute atomic E-state index is 3.87. The van der Waals surface area contributed by atoms with Gasteiger partial charge in [-0.2, -0.15) is 5.11 Å². The van der Waals surface area contributed by atoms with Crippen LogP contribution < -0.4 is 0 Å². The number of hydrogen-bond acceptors (Lipinski definition) is 3. The molecule has 0 aliphatic carbocycles. The SMILES string of the molecule is C[C@@H]1CN(C)N=N1. The van der Waals surface area contributed by atoms with Crippen molar-refractivity contribution >= 4 is 0 Å². The third kappa shape index (κ3) is 0.885. The monoisotopic (exact) mass is 99.1 g/mol. The Morgan fingerprint density at radius 3 is 2.57 bits per heavy atom. The Balaban J connectivity index is 2.42. The lowest BCUT2D eigenvalue weighted by molar-refractivity contribution is 0.383. The van der Waals surface area contributed by atoms with Crippen LogP contribution in [0.3, 0.4) is 0 Å². The van der Waals surface area contributed by atoms with E-state index in [0.29, 0.717) is 6.04 Å². The fourth-order valence-electron chi connectivity index (χ4n) is 0.632. The van der Waals surface area contributed by atoms with E-state index < -0.39 is 0 Å². The average molecular weight is 99.1 g/mol. The Morgan fingerprint density at radius 1 is 1.71 bits per heavy atom. The Kier molecular flexibility index (Phi) is 0.964. The number of nitrogens with zero attached hydrogens (tertiary/aromatic N) is 3. The Bertz CT molecular complexity index is 78.9. The van der Waals surface area contributed by atoms with E-state index in [-0.39, 0.29) is 0 Å². The minimum Gasteiger partial charge on any atom is -0.280 e. The van der Waals surface area contributed by atoms with E-state index in [0.717, 1.165) is 6.54 Å². The summed E-state index contributed by atoms with van der Waals surface area (Å²) in [7, 11) is 1.92. The van der Waals surface area contributed by atoms with E-state index in [1.807, 2.05) is 19.0 Å². The van der Waals surface area contributed by atoms with Gasteiger partial charge in [0.2, 0.25) is 0 Å². The quantitative estimate of drug-likeness (QED) is 0.439. The van der Waals surface area contributed by atoms with Crippen LogP contribution in [-0.2, 0) is 0 Å². The van der Waals surface area contributed by atoms with E-state index in [1.165, 1.54) is 0 Å². The van der Waals surface area contributed by atoms with E-state index in [9.17, 15) is 0 Å². The molecule has 0 bridgehead atoms. The standard InChI is InChI=1S/C4H9N3/c1-4-3-7(2)6-5-4/h4H,3H2,1-2H3/t4-/m1/s1. The van der Waals surface area contributed by atoms with Gasteiger partial charge in [-0.25, -0.2) is 0 Å². The average Bonchev–Trinajstić information content (AvgIpc) is 1.87. The normalized spacial score (nSPS) is 29.4. The molecule has 1 aliphatic rings. The molecule has 0 aromatic rings. The molecule has 3 heteroatoms. The maximum Gasteiger partial charge on any atom is 0.0893 e. The van der Waals surface area contributed by atoms with E-state index in [4.69, 9.17) is 0 Å². The summed E-state index contributed by atoms with van der Waals surface area (Å²) in [6, 6.07) is 0.407. The second-order valence-corrected chi connectivity index (χ2v) is 1.89. The third-order valence-corrected chi connectivity index (χ3v) is 0.930. The van der Waals surface area contributed by atoms with Crippen molar-refractivity contribution in [2.24, 2.45) is 10.3 Å². The Labute approximate surface area is 43.0 Å². The fraction of sp³-hybridized carbons (Fsp3) is 1.00. The molecule has 0 fully saturated rings. The van der Waals surface area contributed by atoms with E-state index >= 15 is 0 Å². The smallest absolute Gasteiger partial charge is 0.0893 e. The highest BCUT2D eigenvalue weighted by molar-refractivity contribution is 4.64. The molecule has 0 saturated carbocycles. The summed E-state index contributed by atoms with van der Waals surface area (Å²) in [5.41, 5.74) is 0. The lowest BCUT2D eigenvalue weighted by atomic mass is 10.4. The van der Waals surface area contributed by atoms with Crippen LogP contribution in [0, 0.1) is 0 Å². The molecule has 0 saturated heterocycles. The van der Waals surface area contributed by atoms with Gasteiger partial charge in [0.25, 0.3) is 0 Å². The minimum atomic E-state index is 0.407. The van der Waals surface area contributed by atoms with Crippen LogP contribution in [0.1, 0.15) is 6.92 Å². The summed E-state index contributed by atoms with van der Waals surface area (Å²) >= 11 is 0. The van der Waals surface area contributed by atoms with Gasteiger partial charge in [0.1, 0.15) is 0 Å². The first kappa shape index (κ1) is 4.56. The Hall–Kier alpha value is -0.600. The van der Waals surface area contributed by atoms with Crippen molar-refractivity contribution in [3.63, 3.8) is 0 Å². The van der Waals surface area contributed by atoms with Crippen LogP contribution in [0.4, 0.5) is 0 Å². The van der Waals surface area contributed by atoms with Crippen LogP contribution in [0.5, 0.6) is 0 Å². The maximum atomic E-state index is 3.87. The highest BCUT2D eigenvalue weighted by Crippen LogP contribution is 2.02. The number of likely N-dealkylation sites (N-methyl/N-ethyl adjacent to an activating group) is 1. The predicted octanol–water partition coefficient (Wildman–Crippen LogP) is 0.688. The minimum absolute atomic E-state index is 0.407. The summed E-state index contributed by atoms with van der Waals surface area (Å²) in [5, 5.41) is 9.48. The zero-order valence-electron chi connectivity index (χ0n) is 4.63. The van der Waals surface area contributed by atoms with E-state index in [1.54, 1.807) is 0 Å². The lowest BCUT2D eigenvalue weighted by Gasteiger charge is -2.00. The molecule has 1 heterocycles. The zero-order valence-corrected chi connectivity index (χ0v) is 4.63. The van der Waals surface area contributed by atoms with Gasteiger partial charge >= 0.3 is 0 Å². The van der Waals surface area contributed by atoms with Crippen LogP contribution in [0.15, 0.2) is 10.3 Å². The van der Waals surface area contributed by atoms with Gasteiger partial charge in [-0.15, -0.1) is 0 Å². The topological polar surface area (TPSA) is 28.0 Å². The van der Waals surface area contributed by atoms with Gasteiger partial charge in [-0.05, 0) is 6.92 Å². The van der Waals surface area contributed by atoms with Crippen LogP contribution in [0.2, 0.25) is 0 Å². The van der Waals surface area contributed by atoms with Crippen molar-refractivity contribution < 1.29 is 0 Å². The van der Waals surface area contributed by atoms with Crippen molar-refractivity contribution in [3.05, 3.63) is 0 Å². The lowest BCUT2D eigenvalue weighted by Crippen LogP contribution is -2.13. The number of rotatable bonds is 0. The van der Waals surface area contributed by atoms with Gasteiger partial charge in [-0.1, -0.05) is 5.22 Å². The van der Waals surface area contributed by atoms with Crippen LogP contribution in [0.25, 0.3) is 0 Å². The molecule has 0 spiro atoms. The van der Waals surface area contributed by atoms with Gasteiger partial charge in [0.05, 0.1) is 12.6 Å². The molecule has 1 atom stereocenters. The second kappa shape index (κ2) is 1.48. The van der Waals surface area contributed by atoms with Gasteiger partial charge in [-0.3, -0.25) is 5.01 Å². The predicted molar refractivity (Wildman–Crippen MR) is 26.9 cm³/mol. The molecule has 1 rings (SSSR count). The van der Waals surface area contributed by atoms with Crippen molar-refractivity contribution in [1.29, 1.82) is 0 Å². The molecule has 0 amide bonds. The summed E-state index contributed by atoms with van der Waals surface area (Å²) in [5.74, 6) is 0. The van der Waals surface area contributed by atoms with Gasteiger partial charge in [0.15, 0.2) is 0 Å². The molecule has 0 radical (unpaired) electrons. The number of hydrogen-bond donors (Lipinski definition) is 0. The molecule has 0 aromatic carbocycles. The van der Waals surface area contributed by atoms with Crippen molar-refractivity contribution in [3.8, 4) is 0 Å². The fourth-order valence-corrected chi connectivity index (χ4v) is 0.632. The highest BCUT2D eigenvalue weighted by Gasteiger charge is 2.08. The first-order valence-corrected chi connectivity index (χ1v) is 2.41. The Morgan fingerprint density at radius 2 is 2.43 bits per heavy atom. The van der Waals surface area contributed by atoms with Crippen LogP contribution in [-0.4, -0.2) is 24.6 Å². The molecule has 0 N–H and O–H groups in total. The van der Waals surface area contributed by atoms with Gasteiger partial charge < -0.3 is 0 Å². The van der Waals surface area contributed by atoms with Crippen LogP contribution >= 0.6 is 0 Å². The van der Waals surface area contributed by atoms with E-state index in [2.05, 4.69) is 10.3 Å². The molecule has 1 aliphatic heterocycles. The molecule has 40 valence electrons. The first-order chi connectivity index (χ1) is 3.29. The summed E-state index contributed by atoms with van der Waals surface area (Å²) in [6.07, 6.45) is 0. The first-order valence-electron chi connectivity index (χ1n) is 2.41. The summed E-state index contributed by atoms with van der Waals surface area (Å²) in [6.45, 7) is 3.02. The molecular formula is C4H9N3. The third-order valence-electron chi connectivity index (χ3n) is 0.930. The molecule has 0 aromatic heterocycles. The largest absolute Gasteiger partial charge is 0.280 e. The second-order valence-electron chi connectivity index (χ2n) is 1.89. The zero-order chi connectivity index (χ0) is 5.28. The summed E-state index contributed by atoms with van der Waals surface area (Å²) < 4.78 is 0. The molecule has 3 nitrogen and oxygen atoms in total. The molecular weight excluding hydrogens is 90.1 g/mol. The van der Waals surface area contributed by atoms with Crippen molar-refractivity contribution in [1.82, 2.24) is 5.01 Å². The molecule has 7 heavy (non-hydrogen) atoms. The van der Waals surface area contributed by atoms with Crippen molar-refractivity contribution in [2.45, 2.75) is 13.0 Å². The summed E-state index contributed by atoms with van der Waals surface area (Å²) in [4.78, 5) is 0. The van der Waals surface area contributed by atoms with Gasteiger partial charge in [0, 0.05) is 7.05 Å². The van der Waals surface area contributed by atoms with Crippen molar-refractivity contribution in [2.75, 3.05) is 13.6 Å². The highest BCUT2D eigenvalue weighted by atomic mass is 15.6. The molecule has 0 unspecified atom stereocenters.